The summed E-state index contributed by atoms with van der Waals surface area (Å²) in [4.78, 5) is 4.34. The molecule has 1 heterocycles. The smallest absolute Gasteiger partial charge is 0.0948 e. The van der Waals surface area contributed by atoms with Gasteiger partial charge in [-0.05, 0) is 57.8 Å². The number of nitrogens with zero attached hydrogens (tertiary/aromatic N) is 2. The summed E-state index contributed by atoms with van der Waals surface area (Å²) >= 11 is 0. The van der Waals surface area contributed by atoms with Crippen LogP contribution in [0.5, 0.6) is 0 Å². The topological polar surface area (TPSA) is 29.9 Å². The molecule has 0 amide bonds. The third kappa shape index (κ3) is 2.61. The molecule has 100 valence electrons. The lowest BCUT2D eigenvalue weighted by Gasteiger charge is -2.22. The van der Waals surface area contributed by atoms with E-state index >= 15 is 0 Å². The summed E-state index contributed by atoms with van der Waals surface area (Å²) in [6.07, 6.45) is 9.82. The number of aromatic nitrogens is 2. The van der Waals surface area contributed by atoms with E-state index in [0.717, 1.165) is 12.5 Å². The lowest BCUT2D eigenvalue weighted by molar-refractivity contribution is 0.355. The van der Waals surface area contributed by atoms with Crippen molar-refractivity contribution < 1.29 is 0 Å². The minimum absolute atomic E-state index is 0.170. The van der Waals surface area contributed by atoms with Crippen molar-refractivity contribution in [2.45, 2.75) is 65.1 Å². The highest BCUT2D eigenvalue weighted by molar-refractivity contribution is 5.07. The van der Waals surface area contributed by atoms with Gasteiger partial charge in [0.25, 0.3) is 0 Å². The highest BCUT2D eigenvalue weighted by Crippen LogP contribution is 2.62. The molecule has 0 spiro atoms. The summed E-state index contributed by atoms with van der Waals surface area (Å²) in [7, 11) is 0. The summed E-state index contributed by atoms with van der Waals surface area (Å²) in [5, 5.41) is 3.55. The van der Waals surface area contributed by atoms with Crippen LogP contribution in [0.25, 0.3) is 0 Å². The molecule has 3 nitrogen and oxygen atoms in total. The van der Waals surface area contributed by atoms with Crippen LogP contribution in [0.1, 0.15) is 52.1 Å². The van der Waals surface area contributed by atoms with Gasteiger partial charge in [-0.2, -0.15) is 0 Å². The molecule has 3 heteroatoms. The molecule has 0 aromatic carbocycles. The van der Waals surface area contributed by atoms with E-state index in [2.05, 4.69) is 35.6 Å². The van der Waals surface area contributed by atoms with Gasteiger partial charge in [0.1, 0.15) is 0 Å². The third-order valence-electron chi connectivity index (χ3n) is 4.42. The highest BCUT2D eigenvalue weighted by atomic mass is 15.1. The van der Waals surface area contributed by atoms with Crippen LogP contribution in [0.4, 0.5) is 0 Å². The molecule has 2 aliphatic carbocycles. The molecule has 0 aliphatic heterocycles. The zero-order valence-corrected chi connectivity index (χ0v) is 11.9. The van der Waals surface area contributed by atoms with Crippen molar-refractivity contribution >= 4 is 0 Å². The van der Waals surface area contributed by atoms with E-state index in [1.165, 1.54) is 37.9 Å². The van der Waals surface area contributed by atoms with E-state index < -0.39 is 0 Å². The molecular weight excluding hydrogens is 222 g/mol. The Balaban J connectivity index is 1.64. The van der Waals surface area contributed by atoms with Gasteiger partial charge in [-0.25, -0.2) is 4.98 Å². The van der Waals surface area contributed by atoms with Gasteiger partial charge in [0.05, 0.1) is 12.0 Å². The van der Waals surface area contributed by atoms with E-state index in [0.29, 0.717) is 5.41 Å². The van der Waals surface area contributed by atoms with Gasteiger partial charge in [0.15, 0.2) is 0 Å². The normalized spacial score (nSPS) is 22.2. The van der Waals surface area contributed by atoms with E-state index in [1.54, 1.807) is 0 Å². The van der Waals surface area contributed by atoms with Gasteiger partial charge in [0, 0.05) is 24.8 Å². The highest BCUT2D eigenvalue weighted by Gasteiger charge is 2.53. The maximum absolute atomic E-state index is 4.34. The summed E-state index contributed by atoms with van der Waals surface area (Å²) in [5.41, 5.74) is 2.15. The van der Waals surface area contributed by atoms with Crippen molar-refractivity contribution in [2.75, 3.05) is 0 Å². The Kier molecular flexibility index (Phi) is 2.77. The number of imidazole rings is 1. The predicted molar refractivity (Wildman–Crippen MR) is 73.2 cm³/mol. The maximum Gasteiger partial charge on any atom is 0.0948 e. The largest absolute Gasteiger partial charge is 0.333 e. The van der Waals surface area contributed by atoms with Gasteiger partial charge < -0.3 is 9.88 Å². The van der Waals surface area contributed by atoms with Gasteiger partial charge in [-0.3, -0.25) is 0 Å². The number of hydrogen-bond acceptors (Lipinski definition) is 2. The minimum Gasteiger partial charge on any atom is -0.333 e. The number of hydrogen-bond donors (Lipinski definition) is 1. The average Bonchev–Trinajstić information content (AvgIpc) is 3.14. The first kappa shape index (κ1) is 12.2. The molecule has 1 aromatic rings. The van der Waals surface area contributed by atoms with Crippen molar-refractivity contribution in [3.63, 3.8) is 0 Å². The molecule has 3 rings (SSSR count). The second kappa shape index (κ2) is 4.09. The van der Waals surface area contributed by atoms with Crippen molar-refractivity contribution in [3.8, 4) is 0 Å². The van der Waals surface area contributed by atoms with Gasteiger partial charge in [-0.15, -0.1) is 0 Å². The second-order valence-electron chi connectivity index (χ2n) is 7.25. The summed E-state index contributed by atoms with van der Waals surface area (Å²) in [5.74, 6) is 1.02. The Labute approximate surface area is 110 Å². The van der Waals surface area contributed by atoms with E-state index in [1.807, 2.05) is 12.5 Å². The first-order valence-electron chi connectivity index (χ1n) is 7.23. The molecule has 18 heavy (non-hydrogen) atoms. The molecular formula is C15H25N3. The first-order chi connectivity index (χ1) is 8.49. The molecule has 0 saturated heterocycles. The van der Waals surface area contributed by atoms with Crippen LogP contribution in [-0.4, -0.2) is 15.1 Å². The van der Waals surface area contributed by atoms with Crippen molar-refractivity contribution in [3.05, 3.63) is 18.2 Å². The predicted octanol–water partition coefficient (Wildman–Crippen LogP) is 2.96. The number of nitrogens with one attached hydrogen (secondary N) is 1. The quantitative estimate of drug-likeness (QED) is 0.867. The molecule has 0 radical (unpaired) electrons. The summed E-state index contributed by atoms with van der Waals surface area (Å²) in [6, 6.07) is 0. The fraction of sp³-hybridized carbons (Fsp3) is 0.800. The SMILES string of the molecule is CC(C)(C)NCc1cncn1CC1(C2CC2)CC1. The van der Waals surface area contributed by atoms with E-state index in [9.17, 15) is 0 Å². The first-order valence-corrected chi connectivity index (χ1v) is 7.23. The van der Waals surface area contributed by atoms with Crippen LogP contribution in [0.3, 0.4) is 0 Å². The Morgan fingerprint density at radius 1 is 1.39 bits per heavy atom. The summed E-state index contributed by atoms with van der Waals surface area (Å²) < 4.78 is 2.38. The molecule has 2 saturated carbocycles. The van der Waals surface area contributed by atoms with Crippen molar-refractivity contribution in [1.29, 1.82) is 0 Å². The molecule has 1 N–H and O–H groups in total. The standard InChI is InChI=1S/C15H25N3/c1-14(2,3)17-9-13-8-16-11-18(13)10-15(6-7-15)12-4-5-12/h8,11-12,17H,4-7,9-10H2,1-3H3. The number of rotatable bonds is 5. The molecule has 0 unspecified atom stereocenters. The Hall–Kier alpha value is -0.830. The van der Waals surface area contributed by atoms with Crippen LogP contribution in [0, 0.1) is 11.3 Å². The zero-order valence-electron chi connectivity index (χ0n) is 11.9. The molecule has 2 aliphatic rings. The molecule has 0 bridgehead atoms. The summed E-state index contributed by atoms with van der Waals surface area (Å²) in [6.45, 7) is 8.74. The zero-order chi connectivity index (χ0) is 12.8. The van der Waals surface area contributed by atoms with Crippen molar-refractivity contribution in [1.82, 2.24) is 14.9 Å². The monoisotopic (exact) mass is 247 g/mol. The fourth-order valence-corrected chi connectivity index (χ4v) is 2.88. The molecule has 0 atom stereocenters. The molecule has 1 aromatic heterocycles. The van der Waals surface area contributed by atoms with Gasteiger partial charge in [-0.1, -0.05) is 0 Å². The lowest BCUT2D eigenvalue weighted by atomic mass is 10.0. The molecule has 2 fully saturated rings. The maximum atomic E-state index is 4.34. The fourth-order valence-electron chi connectivity index (χ4n) is 2.88. The minimum atomic E-state index is 0.170. The second-order valence-corrected chi connectivity index (χ2v) is 7.25. The Morgan fingerprint density at radius 2 is 2.11 bits per heavy atom. The van der Waals surface area contributed by atoms with Gasteiger partial charge >= 0.3 is 0 Å². The third-order valence-corrected chi connectivity index (χ3v) is 4.42. The Morgan fingerprint density at radius 3 is 2.67 bits per heavy atom. The van der Waals surface area contributed by atoms with Gasteiger partial charge in [0.2, 0.25) is 0 Å². The van der Waals surface area contributed by atoms with Crippen LogP contribution in [0.15, 0.2) is 12.5 Å². The van der Waals surface area contributed by atoms with E-state index in [-0.39, 0.29) is 5.54 Å². The van der Waals surface area contributed by atoms with Crippen LogP contribution in [0.2, 0.25) is 0 Å². The van der Waals surface area contributed by atoms with Crippen LogP contribution in [-0.2, 0) is 13.1 Å². The lowest BCUT2D eigenvalue weighted by Crippen LogP contribution is -2.35. The average molecular weight is 247 g/mol. The van der Waals surface area contributed by atoms with Crippen LogP contribution >= 0.6 is 0 Å². The van der Waals surface area contributed by atoms with Crippen LogP contribution < -0.4 is 5.32 Å². The Bertz CT molecular complexity index is 419. The van der Waals surface area contributed by atoms with Crippen molar-refractivity contribution in [2.24, 2.45) is 11.3 Å². The van der Waals surface area contributed by atoms with E-state index in [4.69, 9.17) is 0 Å².